The maximum Gasteiger partial charge on any atom is 0.0583 e. The number of rotatable bonds is 2. The average molecular weight is 446 g/mol. The summed E-state index contributed by atoms with van der Waals surface area (Å²) in [6, 6.07) is 40.5. The highest BCUT2D eigenvalue weighted by Crippen LogP contribution is 2.48. The maximum absolute atomic E-state index is 2.52. The van der Waals surface area contributed by atoms with Gasteiger partial charge in [0.2, 0.25) is 0 Å². The van der Waals surface area contributed by atoms with Crippen molar-refractivity contribution in [2.75, 3.05) is 0 Å². The molecule has 0 radical (unpaired) electrons. The third-order valence-corrected chi connectivity index (χ3v) is 7.88. The molecule has 0 aliphatic heterocycles. The predicted molar refractivity (Wildman–Crippen MR) is 152 cm³/mol. The topological polar surface area (TPSA) is 4.93 Å². The van der Waals surface area contributed by atoms with Crippen molar-refractivity contribution in [1.29, 1.82) is 0 Å². The predicted octanol–water partition coefficient (Wildman–Crippen LogP) is 9.53. The van der Waals surface area contributed by atoms with Gasteiger partial charge in [-0.3, -0.25) is 0 Å². The molecular weight excluding hydrogens is 422 g/mol. The fourth-order valence-corrected chi connectivity index (χ4v) is 6.43. The Morgan fingerprint density at radius 2 is 1.20 bits per heavy atom. The molecule has 0 aliphatic carbocycles. The largest absolute Gasteiger partial charge is 0.340 e. The molecule has 0 saturated carbocycles. The van der Waals surface area contributed by atoms with Crippen LogP contribution >= 0.6 is 0 Å². The Bertz CT molecular complexity index is 2070. The van der Waals surface area contributed by atoms with Crippen molar-refractivity contribution in [3.05, 3.63) is 109 Å². The molecule has 1 aromatic heterocycles. The Morgan fingerprint density at radius 3 is 2.03 bits per heavy atom. The smallest absolute Gasteiger partial charge is 0.0583 e. The molecule has 0 spiro atoms. The summed E-state index contributed by atoms with van der Waals surface area (Å²) in [5, 5.41) is 13.3. The molecule has 35 heavy (non-hydrogen) atoms. The zero-order valence-electron chi connectivity index (χ0n) is 19.5. The van der Waals surface area contributed by atoms with E-state index in [1.54, 1.807) is 0 Å². The second-order valence-electron chi connectivity index (χ2n) is 9.60. The lowest BCUT2D eigenvalue weighted by molar-refractivity contribution is 0.828. The SMILES string of the molecule is CCn1c2ccccc2c2c3ccc4cccc5ccc(c(-c6ccc7ccccc7c6)c21)c3c54. The molecule has 0 aliphatic rings. The molecule has 0 fully saturated rings. The summed E-state index contributed by atoms with van der Waals surface area (Å²) in [7, 11) is 0. The number of para-hydroxylation sites is 1. The second kappa shape index (κ2) is 6.84. The monoisotopic (exact) mass is 445 g/mol. The van der Waals surface area contributed by atoms with Crippen LogP contribution in [-0.2, 0) is 6.54 Å². The lowest BCUT2D eigenvalue weighted by atomic mass is 9.86. The van der Waals surface area contributed by atoms with Gasteiger partial charge in [0.05, 0.1) is 5.52 Å². The van der Waals surface area contributed by atoms with Gasteiger partial charge in [0.15, 0.2) is 0 Å². The van der Waals surface area contributed by atoms with Crippen molar-refractivity contribution in [1.82, 2.24) is 4.57 Å². The molecule has 1 nitrogen and oxygen atoms in total. The fraction of sp³-hybridized carbons (Fsp3) is 0.0588. The number of hydrogen-bond acceptors (Lipinski definition) is 0. The van der Waals surface area contributed by atoms with Crippen molar-refractivity contribution in [3.63, 3.8) is 0 Å². The summed E-state index contributed by atoms with van der Waals surface area (Å²) < 4.78 is 2.52. The summed E-state index contributed by atoms with van der Waals surface area (Å²) in [5.74, 6) is 0. The molecule has 0 atom stereocenters. The number of fused-ring (bicyclic) bond motifs is 5. The van der Waals surface area contributed by atoms with Gasteiger partial charge in [0, 0.05) is 28.4 Å². The molecule has 0 N–H and O–H groups in total. The van der Waals surface area contributed by atoms with Gasteiger partial charge in [0.25, 0.3) is 0 Å². The summed E-state index contributed by atoms with van der Waals surface area (Å²) in [6.45, 7) is 3.19. The molecule has 7 aromatic carbocycles. The first-order valence-electron chi connectivity index (χ1n) is 12.4. The molecule has 0 unspecified atom stereocenters. The molecule has 164 valence electrons. The summed E-state index contributed by atoms with van der Waals surface area (Å²) in [6.07, 6.45) is 0. The van der Waals surface area contributed by atoms with E-state index in [0.29, 0.717) is 0 Å². The molecule has 1 heterocycles. The van der Waals surface area contributed by atoms with E-state index in [9.17, 15) is 0 Å². The van der Waals surface area contributed by atoms with Gasteiger partial charge in [-0.2, -0.15) is 0 Å². The maximum atomic E-state index is 2.52. The molecule has 0 amide bonds. The van der Waals surface area contributed by atoms with E-state index in [1.807, 2.05) is 0 Å². The van der Waals surface area contributed by atoms with Crippen molar-refractivity contribution >= 4 is 64.9 Å². The summed E-state index contributed by atoms with van der Waals surface area (Å²) >= 11 is 0. The van der Waals surface area contributed by atoms with Gasteiger partial charge in [-0.15, -0.1) is 0 Å². The lowest BCUT2D eigenvalue weighted by Crippen LogP contribution is -1.97. The van der Waals surface area contributed by atoms with Gasteiger partial charge in [-0.05, 0) is 67.7 Å². The fourth-order valence-electron chi connectivity index (χ4n) is 6.43. The van der Waals surface area contributed by atoms with E-state index in [0.717, 1.165) is 6.54 Å². The van der Waals surface area contributed by atoms with Crippen LogP contribution in [0, 0.1) is 0 Å². The standard InChI is InChI=1S/C34H23N/c1-2-35-29-13-6-5-12-26(29)33-28-19-17-23-11-7-10-22-16-18-27(32(28)30(22)23)31(34(33)35)25-15-14-21-8-3-4-9-24(21)20-25/h3-20H,2H2,1H3. The van der Waals surface area contributed by atoms with E-state index in [4.69, 9.17) is 0 Å². The van der Waals surface area contributed by atoms with Crippen molar-refractivity contribution in [3.8, 4) is 11.1 Å². The number of aryl methyl sites for hydroxylation is 1. The third-order valence-electron chi connectivity index (χ3n) is 7.88. The van der Waals surface area contributed by atoms with Crippen molar-refractivity contribution in [2.45, 2.75) is 13.5 Å². The number of benzene rings is 7. The highest BCUT2D eigenvalue weighted by atomic mass is 15.0. The molecule has 0 saturated heterocycles. The minimum Gasteiger partial charge on any atom is -0.340 e. The van der Waals surface area contributed by atoms with Crippen LogP contribution < -0.4 is 0 Å². The van der Waals surface area contributed by atoms with Crippen LogP contribution in [0.2, 0.25) is 0 Å². The second-order valence-corrected chi connectivity index (χ2v) is 9.60. The Labute approximate surface area is 203 Å². The van der Waals surface area contributed by atoms with Crippen LogP contribution in [0.15, 0.2) is 109 Å². The van der Waals surface area contributed by atoms with Gasteiger partial charge < -0.3 is 4.57 Å². The number of nitrogens with zero attached hydrogens (tertiary/aromatic N) is 1. The van der Waals surface area contributed by atoms with E-state index >= 15 is 0 Å². The van der Waals surface area contributed by atoms with Gasteiger partial charge in [-0.25, -0.2) is 0 Å². The van der Waals surface area contributed by atoms with Gasteiger partial charge in [0.1, 0.15) is 0 Å². The van der Waals surface area contributed by atoms with E-state index in [2.05, 4.69) is 121 Å². The van der Waals surface area contributed by atoms with Crippen LogP contribution in [0.1, 0.15) is 6.92 Å². The van der Waals surface area contributed by atoms with Crippen LogP contribution in [0.25, 0.3) is 76.0 Å². The van der Waals surface area contributed by atoms with Gasteiger partial charge in [-0.1, -0.05) is 97.1 Å². The molecule has 1 heteroatoms. The Balaban J connectivity index is 1.71. The van der Waals surface area contributed by atoms with E-state index < -0.39 is 0 Å². The zero-order chi connectivity index (χ0) is 23.1. The summed E-state index contributed by atoms with van der Waals surface area (Å²) in [4.78, 5) is 0. The summed E-state index contributed by atoms with van der Waals surface area (Å²) in [5.41, 5.74) is 5.27. The quantitative estimate of drug-likeness (QED) is 0.233. The molecular formula is C34H23N. The van der Waals surface area contributed by atoms with Crippen LogP contribution in [0.5, 0.6) is 0 Å². The van der Waals surface area contributed by atoms with Crippen molar-refractivity contribution < 1.29 is 0 Å². The molecule has 0 bridgehead atoms. The van der Waals surface area contributed by atoms with Crippen molar-refractivity contribution in [2.24, 2.45) is 0 Å². The first-order valence-corrected chi connectivity index (χ1v) is 12.4. The minimum atomic E-state index is 0.929. The highest BCUT2D eigenvalue weighted by molar-refractivity contribution is 6.36. The molecule has 8 aromatic rings. The van der Waals surface area contributed by atoms with Crippen LogP contribution in [0.3, 0.4) is 0 Å². The normalized spacial score (nSPS) is 12.3. The lowest BCUT2D eigenvalue weighted by Gasteiger charge is -2.18. The Morgan fingerprint density at radius 1 is 0.514 bits per heavy atom. The highest BCUT2D eigenvalue weighted by Gasteiger charge is 2.22. The Hall–Kier alpha value is -4.36. The third kappa shape index (κ3) is 2.42. The van der Waals surface area contributed by atoms with E-state index in [1.165, 1.54) is 76.0 Å². The average Bonchev–Trinajstić information content (AvgIpc) is 3.25. The zero-order valence-corrected chi connectivity index (χ0v) is 19.5. The van der Waals surface area contributed by atoms with Crippen LogP contribution in [-0.4, -0.2) is 4.57 Å². The Kier molecular flexibility index (Phi) is 3.71. The minimum absolute atomic E-state index is 0.929. The first-order chi connectivity index (χ1) is 17.3. The van der Waals surface area contributed by atoms with E-state index in [-0.39, 0.29) is 0 Å². The molecule has 8 rings (SSSR count). The first kappa shape index (κ1) is 19.0. The number of hydrogen-bond donors (Lipinski definition) is 0. The number of aromatic nitrogens is 1. The van der Waals surface area contributed by atoms with Gasteiger partial charge >= 0.3 is 0 Å². The van der Waals surface area contributed by atoms with Crippen LogP contribution in [0.4, 0.5) is 0 Å².